The van der Waals surface area contributed by atoms with Crippen molar-refractivity contribution in [3.8, 4) is 11.5 Å². The van der Waals surface area contributed by atoms with Gasteiger partial charge < -0.3 is 19.7 Å². The highest BCUT2D eigenvalue weighted by Gasteiger charge is 2.14. The first-order chi connectivity index (χ1) is 10.7. The van der Waals surface area contributed by atoms with Crippen molar-refractivity contribution in [1.82, 2.24) is 9.97 Å². The molecular weight excluding hydrogens is 280 g/mol. The maximum atomic E-state index is 5.39. The lowest BCUT2D eigenvalue weighted by Crippen LogP contribution is -2.23. The van der Waals surface area contributed by atoms with E-state index in [2.05, 4.69) is 34.0 Å². The predicted octanol–water partition coefficient (Wildman–Crippen LogP) is 3.10. The number of aromatic nitrogens is 2. The molecule has 1 aliphatic heterocycles. The topological polar surface area (TPSA) is 59.5 Å². The molecule has 0 saturated heterocycles. The second-order valence-corrected chi connectivity index (χ2v) is 5.02. The molecule has 0 amide bonds. The smallest absolute Gasteiger partial charge is 0.231 e. The van der Waals surface area contributed by atoms with Gasteiger partial charge in [-0.1, -0.05) is 0 Å². The molecule has 0 radical (unpaired) electrons. The lowest BCUT2D eigenvalue weighted by atomic mass is 10.2. The van der Waals surface area contributed by atoms with Crippen molar-refractivity contribution in [3.63, 3.8) is 0 Å². The van der Waals surface area contributed by atoms with E-state index in [9.17, 15) is 0 Å². The van der Waals surface area contributed by atoms with Crippen LogP contribution in [0.2, 0.25) is 0 Å². The number of fused-ring (bicyclic) bond motifs is 1. The Hall–Kier alpha value is -2.50. The number of anilines is 3. The molecule has 1 aromatic heterocycles. The summed E-state index contributed by atoms with van der Waals surface area (Å²) in [4.78, 5) is 11.2. The Balaban J connectivity index is 1.85. The zero-order valence-corrected chi connectivity index (χ0v) is 13.1. The molecule has 6 nitrogen and oxygen atoms in total. The molecule has 0 saturated carbocycles. The zero-order valence-electron chi connectivity index (χ0n) is 13.1. The van der Waals surface area contributed by atoms with Crippen LogP contribution in [0.25, 0.3) is 0 Å². The monoisotopic (exact) mass is 300 g/mol. The molecule has 0 bridgehead atoms. The van der Waals surface area contributed by atoms with Crippen molar-refractivity contribution in [3.05, 3.63) is 30.1 Å². The summed E-state index contributed by atoms with van der Waals surface area (Å²) < 4.78 is 10.7. The van der Waals surface area contributed by atoms with Crippen LogP contribution in [0.4, 0.5) is 17.3 Å². The minimum atomic E-state index is 0.275. The summed E-state index contributed by atoms with van der Waals surface area (Å²) in [6, 6.07) is 7.72. The molecule has 2 aromatic rings. The average molecular weight is 300 g/mol. The third kappa shape index (κ3) is 2.90. The van der Waals surface area contributed by atoms with Gasteiger partial charge in [-0.2, -0.15) is 0 Å². The SMILES string of the molecule is CCN(CC)c1cc(Nc2ccc3c(c2)OCO3)nc(C)n1. The quantitative estimate of drug-likeness (QED) is 0.915. The number of ether oxygens (including phenoxy) is 2. The van der Waals surface area contributed by atoms with Crippen molar-refractivity contribution in [1.29, 1.82) is 0 Å². The molecule has 0 atom stereocenters. The summed E-state index contributed by atoms with van der Waals surface area (Å²) in [5.41, 5.74) is 0.910. The summed E-state index contributed by atoms with van der Waals surface area (Å²) in [6.45, 7) is 8.24. The molecule has 116 valence electrons. The van der Waals surface area contributed by atoms with E-state index in [1.807, 2.05) is 31.2 Å². The summed E-state index contributed by atoms with van der Waals surface area (Å²) in [7, 11) is 0. The molecule has 0 aliphatic carbocycles. The summed E-state index contributed by atoms with van der Waals surface area (Å²) in [6.07, 6.45) is 0. The Kier molecular flexibility index (Phi) is 4.00. The fourth-order valence-electron chi connectivity index (χ4n) is 2.45. The first-order valence-electron chi connectivity index (χ1n) is 7.47. The Bertz CT molecular complexity index is 671. The van der Waals surface area contributed by atoms with Crippen molar-refractivity contribution in [2.75, 3.05) is 30.1 Å². The number of benzene rings is 1. The fourth-order valence-corrected chi connectivity index (χ4v) is 2.45. The molecule has 1 aromatic carbocycles. The lowest BCUT2D eigenvalue weighted by molar-refractivity contribution is 0.174. The molecule has 1 N–H and O–H groups in total. The van der Waals surface area contributed by atoms with E-state index in [1.54, 1.807) is 0 Å². The Morgan fingerprint density at radius 3 is 2.64 bits per heavy atom. The molecular formula is C16H20N4O2. The van der Waals surface area contributed by atoms with E-state index >= 15 is 0 Å². The van der Waals surface area contributed by atoms with Gasteiger partial charge in [0.1, 0.15) is 17.5 Å². The molecule has 3 rings (SSSR count). The third-order valence-corrected chi connectivity index (χ3v) is 3.56. The van der Waals surface area contributed by atoms with Crippen LogP contribution in [0.5, 0.6) is 11.5 Å². The molecule has 22 heavy (non-hydrogen) atoms. The molecule has 0 spiro atoms. The average Bonchev–Trinajstić information content (AvgIpc) is 2.95. The highest BCUT2D eigenvalue weighted by atomic mass is 16.7. The number of hydrogen-bond acceptors (Lipinski definition) is 6. The summed E-state index contributed by atoms with van der Waals surface area (Å²) >= 11 is 0. The van der Waals surface area contributed by atoms with Crippen LogP contribution in [0, 0.1) is 6.92 Å². The largest absolute Gasteiger partial charge is 0.454 e. The predicted molar refractivity (Wildman–Crippen MR) is 86.2 cm³/mol. The van der Waals surface area contributed by atoms with Crippen LogP contribution in [0.1, 0.15) is 19.7 Å². The van der Waals surface area contributed by atoms with Gasteiger partial charge in [-0.05, 0) is 32.9 Å². The van der Waals surface area contributed by atoms with Crippen LogP contribution in [-0.2, 0) is 0 Å². The van der Waals surface area contributed by atoms with Gasteiger partial charge in [-0.15, -0.1) is 0 Å². The van der Waals surface area contributed by atoms with Crippen LogP contribution in [-0.4, -0.2) is 29.9 Å². The van der Waals surface area contributed by atoms with Gasteiger partial charge >= 0.3 is 0 Å². The first kappa shape index (κ1) is 14.4. The maximum Gasteiger partial charge on any atom is 0.231 e. The number of hydrogen-bond donors (Lipinski definition) is 1. The van der Waals surface area contributed by atoms with E-state index in [4.69, 9.17) is 9.47 Å². The second-order valence-electron chi connectivity index (χ2n) is 5.02. The van der Waals surface area contributed by atoms with E-state index in [1.165, 1.54) is 0 Å². The van der Waals surface area contributed by atoms with Crippen molar-refractivity contribution in [2.45, 2.75) is 20.8 Å². The zero-order chi connectivity index (χ0) is 15.5. The van der Waals surface area contributed by atoms with Gasteiger partial charge in [0, 0.05) is 30.9 Å². The van der Waals surface area contributed by atoms with Crippen molar-refractivity contribution in [2.24, 2.45) is 0 Å². The third-order valence-electron chi connectivity index (χ3n) is 3.56. The maximum absolute atomic E-state index is 5.39. The van der Waals surface area contributed by atoms with Crippen LogP contribution >= 0.6 is 0 Å². The standard InChI is InChI=1S/C16H20N4O2/c1-4-20(5-2)16-9-15(17-11(3)18-16)19-12-6-7-13-14(8-12)22-10-21-13/h6-9H,4-5,10H2,1-3H3,(H,17,18,19). The molecule has 0 fully saturated rings. The Morgan fingerprint density at radius 1 is 1.09 bits per heavy atom. The normalized spacial score (nSPS) is 12.3. The Labute approximate surface area is 130 Å². The van der Waals surface area contributed by atoms with Gasteiger partial charge in [0.2, 0.25) is 6.79 Å². The van der Waals surface area contributed by atoms with Crippen LogP contribution in [0.3, 0.4) is 0 Å². The fraction of sp³-hybridized carbons (Fsp3) is 0.375. The number of nitrogens with one attached hydrogen (secondary N) is 1. The Morgan fingerprint density at radius 2 is 1.86 bits per heavy atom. The van der Waals surface area contributed by atoms with Gasteiger partial charge in [0.15, 0.2) is 11.5 Å². The highest BCUT2D eigenvalue weighted by Crippen LogP contribution is 2.35. The van der Waals surface area contributed by atoms with E-state index in [0.717, 1.165) is 47.7 Å². The number of aryl methyl sites for hydroxylation is 1. The van der Waals surface area contributed by atoms with Crippen LogP contribution < -0.4 is 19.7 Å². The molecule has 1 aliphatic rings. The van der Waals surface area contributed by atoms with Gasteiger partial charge in [-0.25, -0.2) is 9.97 Å². The first-order valence-corrected chi connectivity index (χ1v) is 7.47. The van der Waals surface area contributed by atoms with E-state index in [0.29, 0.717) is 0 Å². The van der Waals surface area contributed by atoms with Gasteiger partial charge in [-0.3, -0.25) is 0 Å². The summed E-state index contributed by atoms with van der Waals surface area (Å²) in [5, 5.41) is 3.30. The molecule has 6 heteroatoms. The second kappa shape index (κ2) is 6.09. The number of rotatable bonds is 5. The highest BCUT2D eigenvalue weighted by molar-refractivity contribution is 5.63. The van der Waals surface area contributed by atoms with Gasteiger partial charge in [0.05, 0.1) is 0 Å². The van der Waals surface area contributed by atoms with Gasteiger partial charge in [0.25, 0.3) is 0 Å². The van der Waals surface area contributed by atoms with Crippen LogP contribution in [0.15, 0.2) is 24.3 Å². The summed E-state index contributed by atoms with van der Waals surface area (Å²) in [5.74, 6) is 3.97. The van der Waals surface area contributed by atoms with Crippen molar-refractivity contribution < 1.29 is 9.47 Å². The minimum Gasteiger partial charge on any atom is -0.454 e. The number of nitrogens with zero attached hydrogens (tertiary/aromatic N) is 3. The minimum absolute atomic E-state index is 0.275. The molecule has 0 unspecified atom stereocenters. The van der Waals surface area contributed by atoms with E-state index in [-0.39, 0.29) is 6.79 Å². The molecule has 2 heterocycles. The lowest BCUT2D eigenvalue weighted by Gasteiger charge is -2.20. The van der Waals surface area contributed by atoms with Crippen molar-refractivity contribution >= 4 is 17.3 Å². The van der Waals surface area contributed by atoms with E-state index < -0.39 is 0 Å².